The number of hydrazone groups is 1. The van der Waals surface area contributed by atoms with E-state index in [4.69, 9.17) is 5.10 Å². The summed E-state index contributed by atoms with van der Waals surface area (Å²) in [5.41, 5.74) is 3.11. The van der Waals surface area contributed by atoms with E-state index in [2.05, 4.69) is 25.9 Å². The normalized spacial score (nSPS) is 16.1. The van der Waals surface area contributed by atoms with Crippen molar-refractivity contribution in [1.82, 2.24) is 30.2 Å². The van der Waals surface area contributed by atoms with Gasteiger partial charge in [0.25, 0.3) is 0 Å². The molecule has 0 unspecified atom stereocenters. The molecule has 228 valence electrons. The molecule has 44 heavy (non-hydrogen) atoms. The van der Waals surface area contributed by atoms with E-state index in [0.717, 1.165) is 47.9 Å². The number of carbonyl (C=O) groups is 3. The van der Waals surface area contributed by atoms with E-state index in [9.17, 15) is 14.4 Å². The molecule has 0 bridgehead atoms. The van der Waals surface area contributed by atoms with Gasteiger partial charge in [-0.15, -0.1) is 10.2 Å². The van der Waals surface area contributed by atoms with Crippen molar-refractivity contribution >= 4 is 45.7 Å². The summed E-state index contributed by atoms with van der Waals surface area (Å²) in [6.45, 7) is 5.53. The highest BCUT2D eigenvalue weighted by Crippen LogP contribution is 2.34. The quantitative estimate of drug-likeness (QED) is 0.294. The molecule has 3 heterocycles. The second-order valence-electron chi connectivity index (χ2n) is 12.5. The summed E-state index contributed by atoms with van der Waals surface area (Å²) in [5, 5.41) is 24.2. The maximum atomic E-state index is 14.1. The van der Waals surface area contributed by atoms with Gasteiger partial charge in [0.05, 0.1) is 30.0 Å². The van der Waals surface area contributed by atoms with Crippen LogP contribution in [-0.2, 0) is 16.1 Å². The summed E-state index contributed by atoms with van der Waals surface area (Å²) in [7, 11) is 0. The molecule has 0 radical (unpaired) electrons. The summed E-state index contributed by atoms with van der Waals surface area (Å²) in [5.74, 6) is 0.228. The molecule has 12 nitrogen and oxygen atoms in total. The number of urea groups is 1. The number of nitrogens with zero attached hydrogens (tertiary/aromatic N) is 7. The van der Waals surface area contributed by atoms with Crippen LogP contribution in [0.4, 0.5) is 16.2 Å². The van der Waals surface area contributed by atoms with Crippen LogP contribution in [0.25, 0.3) is 10.9 Å². The molecule has 0 atom stereocenters. The van der Waals surface area contributed by atoms with Crippen LogP contribution in [0.2, 0.25) is 0 Å². The number of para-hydroxylation sites is 1. The maximum absolute atomic E-state index is 14.1. The monoisotopic (exact) mass is 595 g/mol. The van der Waals surface area contributed by atoms with Crippen LogP contribution >= 0.6 is 0 Å². The van der Waals surface area contributed by atoms with E-state index in [0.29, 0.717) is 23.7 Å². The smallest absolute Gasteiger partial charge is 0.340 e. The molecule has 2 aromatic heterocycles. The number of H-pyrrole nitrogens is 1. The zero-order valence-electron chi connectivity index (χ0n) is 25.3. The fraction of sp³-hybridized carbons (Fsp3) is 0.406. The number of hydrogen-bond donors (Lipinski definition) is 2. The third-order valence-electron chi connectivity index (χ3n) is 8.33. The Kier molecular flexibility index (Phi) is 7.98. The van der Waals surface area contributed by atoms with E-state index in [1.807, 2.05) is 80.1 Å². The van der Waals surface area contributed by atoms with Gasteiger partial charge in [-0.3, -0.25) is 14.5 Å². The predicted octanol–water partition coefficient (Wildman–Crippen LogP) is 4.98. The lowest BCUT2D eigenvalue weighted by molar-refractivity contribution is -0.124. The van der Waals surface area contributed by atoms with Crippen molar-refractivity contribution in [3.05, 3.63) is 66.1 Å². The van der Waals surface area contributed by atoms with Crippen molar-refractivity contribution in [2.45, 2.75) is 59.4 Å². The highest BCUT2D eigenvalue weighted by atomic mass is 16.2. The minimum Gasteiger partial charge on any atom is -0.340 e. The van der Waals surface area contributed by atoms with Crippen molar-refractivity contribution < 1.29 is 14.4 Å². The Hall–Kier alpha value is -4.87. The Labute approximate surface area is 255 Å². The van der Waals surface area contributed by atoms with Crippen molar-refractivity contribution in [3.63, 3.8) is 0 Å². The van der Waals surface area contributed by atoms with Crippen molar-refractivity contribution in [2.75, 3.05) is 23.3 Å². The van der Waals surface area contributed by atoms with Crippen molar-refractivity contribution in [2.24, 2.45) is 16.4 Å². The Morgan fingerprint density at radius 1 is 1.02 bits per heavy atom. The van der Waals surface area contributed by atoms with Gasteiger partial charge in [0, 0.05) is 28.8 Å². The molecule has 1 aliphatic carbocycles. The fourth-order valence-electron chi connectivity index (χ4n) is 5.85. The largest absolute Gasteiger partial charge is 0.345 e. The summed E-state index contributed by atoms with van der Waals surface area (Å²) < 4.78 is 1.97. The molecule has 2 aromatic carbocycles. The number of aromatic nitrogens is 5. The van der Waals surface area contributed by atoms with Crippen LogP contribution < -0.4 is 10.2 Å². The van der Waals surface area contributed by atoms with E-state index in [1.165, 1.54) is 16.3 Å². The van der Waals surface area contributed by atoms with Gasteiger partial charge in [-0.1, -0.05) is 69.5 Å². The number of rotatable bonds is 8. The minimum absolute atomic E-state index is 0.0803. The number of nitrogens with one attached hydrogen (secondary N) is 2. The number of Topliss-reactive ketones (excluding diaryl/α,β-unsaturated/α-hetero) is 1. The van der Waals surface area contributed by atoms with Crippen molar-refractivity contribution in [3.8, 4) is 0 Å². The number of hydrogen-bond acceptors (Lipinski definition) is 7. The molecule has 0 spiro atoms. The molecule has 2 N–H and O–H groups in total. The average molecular weight is 596 g/mol. The molecule has 1 aliphatic heterocycles. The third-order valence-corrected chi connectivity index (χ3v) is 8.33. The standard InChI is InChI=1S/C32H37N9O3/c1-32(2,3)27(42)18-40-25-12-8-7-11-24(25)30(22-9-5-4-6-10-22)36-41(31(40)44)20-29(43)33-23-14-13-21-15-16-39(26(21)17-23)19-28-34-37-38-35-28/h7-8,11-17,22H,4-6,9-10,18-20H2,1-3H3,(H,33,43)(H,34,35,37,38). The number of amides is 3. The van der Waals surface area contributed by atoms with E-state index >= 15 is 0 Å². The number of tetrazole rings is 1. The van der Waals surface area contributed by atoms with Gasteiger partial charge in [0.15, 0.2) is 11.6 Å². The summed E-state index contributed by atoms with van der Waals surface area (Å²) in [4.78, 5) is 42.3. The van der Waals surface area contributed by atoms with Crippen LogP contribution in [0.3, 0.4) is 0 Å². The lowest BCUT2D eigenvalue weighted by atomic mass is 9.83. The lowest BCUT2D eigenvalue weighted by Gasteiger charge is -2.28. The molecule has 3 amide bonds. The lowest BCUT2D eigenvalue weighted by Crippen LogP contribution is -2.47. The van der Waals surface area contributed by atoms with Crippen LogP contribution in [0.1, 0.15) is 64.3 Å². The van der Waals surface area contributed by atoms with Crippen LogP contribution in [0.5, 0.6) is 0 Å². The van der Waals surface area contributed by atoms with Gasteiger partial charge in [0.2, 0.25) is 5.91 Å². The second kappa shape index (κ2) is 12.0. The second-order valence-corrected chi connectivity index (χ2v) is 12.5. The molecule has 1 saturated carbocycles. The molecule has 4 aromatic rings. The Morgan fingerprint density at radius 2 is 1.82 bits per heavy atom. The first kappa shape index (κ1) is 29.2. The van der Waals surface area contributed by atoms with Crippen LogP contribution in [-0.4, -0.2) is 66.7 Å². The van der Waals surface area contributed by atoms with E-state index in [1.54, 1.807) is 0 Å². The Bertz CT molecular complexity index is 1710. The van der Waals surface area contributed by atoms with Gasteiger partial charge in [-0.05, 0) is 42.5 Å². The van der Waals surface area contributed by atoms with Crippen LogP contribution in [0, 0.1) is 11.3 Å². The van der Waals surface area contributed by atoms with Crippen LogP contribution in [0.15, 0.2) is 59.8 Å². The molecule has 12 heteroatoms. The van der Waals surface area contributed by atoms with Gasteiger partial charge in [0.1, 0.15) is 6.54 Å². The topological polar surface area (TPSA) is 141 Å². The zero-order chi connectivity index (χ0) is 30.8. The number of anilines is 2. The maximum Gasteiger partial charge on any atom is 0.345 e. The van der Waals surface area contributed by atoms with E-state index < -0.39 is 17.4 Å². The number of fused-ring (bicyclic) bond motifs is 2. The van der Waals surface area contributed by atoms with E-state index in [-0.39, 0.29) is 24.8 Å². The Morgan fingerprint density at radius 3 is 2.57 bits per heavy atom. The highest BCUT2D eigenvalue weighted by Gasteiger charge is 2.36. The average Bonchev–Trinajstić information content (AvgIpc) is 3.65. The molecule has 6 rings (SSSR count). The summed E-state index contributed by atoms with van der Waals surface area (Å²) in [6.07, 6.45) is 7.20. The number of carbonyl (C=O) groups excluding carboxylic acids is 3. The van der Waals surface area contributed by atoms with Gasteiger partial charge in [-0.2, -0.15) is 10.3 Å². The zero-order valence-corrected chi connectivity index (χ0v) is 25.3. The van der Waals surface area contributed by atoms with Gasteiger partial charge < -0.3 is 9.88 Å². The summed E-state index contributed by atoms with van der Waals surface area (Å²) >= 11 is 0. The van der Waals surface area contributed by atoms with Crippen molar-refractivity contribution in [1.29, 1.82) is 0 Å². The molecular weight excluding hydrogens is 558 g/mol. The molecule has 2 aliphatic rings. The molecular formula is C32H37N9O3. The molecule has 1 fully saturated rings. The number of ketones is 1. The minimum atomic E-state index is -0.642. The van der Waals surface area contributed by atoms with Gasteiger partial charge in [-0.25, -0.2) is 9.80 Å². The number of aromatic amines is 1. The molecule has 0 saturated heterocycles. The first-order chi connectivity index (χ1) is 21.2. The summed E-state index contributed by atoms with van der Waals surface area (Å²) in [6, 6.07) is 14.7. The Balaban J connectivity index is 1.29. The SMILES string of the molecule is CC(C)(C)C(=O)CN1C(=O)N(CC(=O)Nc2ccc3ccn(Cc4nn[nH]n4)c3c2)N=C(C2CCCCC2)c2ccccc21. The first-order valence-electron chi connectivity index (χ1n) is 15.1. The fourth-order valence-corrected chi connectivity index (χ4v) is 5.85. The van der Waals surface area contributed by atoms with Gasteiger partial charge >= 0.3 is 6.03 Å². The number of benzene rings is 2. The first-order valence-corrected chi connectivity index (χ1v) is 15.1. The highest BCUT2D eigenvalue weighted by molar-refractivity contribution is 6.13. The third kappa shape index (κ3) is 6.10. The predicted molar refractivity (Wildman–Crippen MR) is 167 cm³/mol.